The largest absolute Gasteiger partial charge is 0.368 e. The van der Waals surface area contributed by atoms with E-state index in [2.05, 4.69) is 42.1 Å². The molecule has 0 bridgehead atoms. The minimum Gasteiger partial charge on any atom is -0.368 e. The molecule has 3 heteroatoms. The second-order valence-corrected chi connectivity index (χ2v) is 5.60. The first kappa shape index (κ1) is 11.0. The highest BCUT2D eigenvalue weighted by atomic mass is 32.1. The molecule has 84 valence electrons. The summed E-state index contributed by atoms with van der Waals surface area (Å²) in [6.45, 7) is 9.24. The highest BCUT2D eigenvalue weighted by Gasteiger charge is 2.15. The fraction of sp³-hybridized carbons (Fsp3) is 0.667. The fourth-order valence-electron chi connectivity index (χ4n) is 1.88. The summed E-state index contributed by atoms with van der Waals surface area (Å²) < 4.78 is 0. The molecule has 0 saturated carbocycles. The van der Waals surface area contributed by atoms with Crippen LogP contribution in [0, 0.1) is 0 Å². The number of rotatable bonds is 2. The Hall–Kier alpha value is -0.540. The van der Waals surface area contributed by atoms with Gasteiger partial charge in [-0.15, -0.1) is 11.3 Å². The Kier molecular flexibility index (Phi) is 3.32. The van der Waals surface area contributed by atoms with Crippen LogP contribution < -0.4 is 4.90 Å². The lowest BCUT2D eigenvalue weighted by Gasteiger charge is -2.33. The second kappa shape index (κ2) is 4.54. The van der Waals surface area contributed by atoms with E-state index in [4.69, 9.17) is 0 Å². The van der Waals surface area contributed by atoms with E-state index in [1.165, 1.54) is 36.7 Å². The minimum atomic E-state index is 0.663. The van der Waals surface area contributed by atoms with Crippen molar-refractivity contribution in [3.05, 3.63) is 16.3 Å². The Labute approximate surface area is 96.5 Å². The molecule has 0 aliphatic carbocycles. The van der Waals surface area contributed by atoms with Crippen LogP contribution >= 0.6 is 11.3 Å². The smallest absolute Gasteiger partial charge is 0.0478 e. The molecule has 2 rings (SSSR count). The molecule has 1 aliphatic heterocycles. The lowest BCUT2D eigenvalue weighted by atomic mass is 10.2. The van der Waals surface area contributed by atoms with E-state index >= 15 is 0 Å². The van der Waals surface area contributed by atoms with Gasteiger partial charge in [-0.25, -0.2) is 0 Å². The van der Waals surface area contributed by atoms with E-state index in [-0.39, 0.29) is 0 Å². The van der Waals surface area contributed by atoms with Gasteiger partial charge in [-0.3, -0.25) is 0 Å². The van der Waals surface area contributed by atoms with Gasteiger partial charge in [-0.1, -0.05) is 13.8 Å². The van der Waals surface area contributed by atoms with Gasteiger partial charge in [0.1, 0.15) is 0 Å². The van der Waals surface area contributed by atoms with Crippen molar-refractivity contribution in [3.63, 3.8) is 0 Å². The molecule has 0 N–H and O–H groups in total. The minimum absolute atomic E-state index is 0.663. The highest BCUT2D eigenvalue weighted by molar-refractivity contribution is 7.10. The zero-order valence-corrected chi connectivity index (χ0v) is 10.7. The van der Waals surface area contributed by atoms with Crippen molar-refractivity contribution in [1.82, 2.24) is 4.90 Å². The van der Waals surface area contributed by atoms with Crippen LogP contribution in [0.3, 0.4) is 0 Å². The summed E-state index contributed by atoms with van der Waals surface area (Å²) in [4.78, 5) is 6.40. The number of thiophene rings is 1. The maximum Gasteiger partial charge on any atom is 0.0478 e. The van der Waals surface area contributed by atoms with E-state index < -0.39 is 0 Å². The summed E-state index contributed by atoms with van der Waals surface area (Å²) in [7, 11) is 2.20. The molecule has 2 nitrogen and oxygen atoms in total. The van der Waals surface area contributed by atoms with Crippen molar-refractivity contribution in [3.8, 4) is 0 Å². The van der Waals surface area contributed by atoms with Crippen molar-refractivity contribution in [2.75, 3.05) is 38.1 Å². The molecule has 1 saturated heterocycles. The fourth-order valence-corrected chi connectivity index (χ4v) is 2.81. The quantitative estimate of drug-likeness (QED) is 0.762. The second-order valence-electron chi connectivity index (χ2n) is 4.65. The first-order valence-corrected chi connectivity index (χ1v) is 6.56. The summed E-state index contributed by atoms with van der Waals surface area (Å²) >= 11 is 1.90. The predicted molar refractivity (Wildman–Crippen MR) is 68.1 cm³/mol. The number of hydrogen-bond acceptors (Lipinski definition) is 3. The molecule has 0 amide bonds. The number of likely N-dealkylation sites (N-methyl/N-ethyl adjacent to an activating group) is 1. The van der Waals surface area contributed by atoms with Crippen LogP contribution in [0.2, 0.25) is 0 Å². The van der Waals surface area contributed by atoms with Gasteiger partial charge in [0.25, 0.3) is 0 Å². The first-order chi connectivity index (χ1) is 7.16. The third-order valence-electron chi connectivity index (χ3n) is 3.04. The molecule has 0 spiro atoms. The van der Waals surface area contributed by atoms with Crippen LogP contribution in [0.25, 0.3) is 0 Å². The predicted octanol–water partition coefficient (Wildman–Crippen LogP) is 2.62. The molecular formula is C12H20N2S. The lowest BCUT2D eigenvalue weighted by Crippen LogP contribution is -2.44. The first-order valence-electron chi connectivity index (χ1n) is 5.68. The number of nitrogens with zero attached hydrogens (tertiary/aromatic N) is 2. The molecule has 15 heavy (non-hydrogen) atoms. The summed E-state index contributed by atoms with van der Waals surface area (Å²) in [5.74, 6) is 0.663. The molecule has 1 aliphatic rings. The average Bonchev–Trinajstić information content (AvgIpc) is 2.68. The van der Waals surface area contributed by atoms with Gasteiger partial charge in [-0.05, 0) is 19.0 Å². The molecule has 0 aromatic carbocycles. The third kappa shape index (κ3) is 2.52. The Morgan fingerprint density at radius 3 is 2.40 bits per heavy atom. The summed E-state index contributed by atoms with van der Waals surface area (Å²) in [5.41, 5.74) is 1.43. The topological polar surface area (TPSA) is 6.48 Å². The Morgan fingerprint density at radius 1 is 1.20 bits per heavy atom. The van der Waals surface area contributed by atoms with Crippen LogP contribution in [0.15, 0.2) is 11.4 Å². The molecule has 1 aromatic rings. The van der Waals surface area contributed by atoms with Crippen LogP contribution in [0.4, 0.5) is 5.69 Å². The zero-order chi connectivity index (χ0) is 10.8. The van der Waals surface area contributed by atoms with Crippen molar-refractivity contribution < 1.29 is 0 Å². The van der Waals surface area contributed by atoms with Crippen molar-refractivity contribution in [2.24, 2.45) is 0 Å². The van der Waals surface area contributed by atoms with Crippen LogP contribution in [-0.2, 0) is 0 Å². The average molecular weight is 224 g/mol. The standard InChI is InChI=1S/C12H20N2S/c1-10(2)12-8-11(9-15-12)14-6-4-13(3)5-7-14/h8-10H,4-7H2,1-3H3. The van der Waals surface area contributed by atoms with E-state index in [0.29, 0.717) is 5.92 Å². The van der Waals surface area contributed by atoms with Gasteiger partial charge in [0.15, 0.2) is 0 Å². The maximum absolute atomic E-state index is 2.50. The monoisotopic (exact) mass is 224 g/mol. The van der Waals surface area contributed by atoms with Crippen molar-refractivity contribution in [1.29, 1.82) is 0 Å². The van der Waals surface area contributed by atoms with Gasteiger partial charge in [0.05, 0.1) is 0 Å². The Balaban J connectivity index is 2.03. The lowest BCUT2D eigenvalue weighted by molar-refractivity contribution is 0.313. The van der Waals surface area contributed by atoms with Gasteiger partial charge in [0, 0.05) is 42.1 Å². The molecule has 0 unspecified atom stereocenters. The van der Waals surface area contributed by atoms with Gasteiger partial charge in [-0.2, -0.15) is 0 Å². The van der Waals surface area contributed by atoms with Gasteiger partial charge in [0.2, 0.25) is 0 Å². The van der Waals surface area contributed by atoms with Crippen LogP contribution in [0.5, 0.6) is 0 Å². The SMILES string of the molecule is CC(C)c1cc(N2CCN(C)CC2)cs1. The van der Waals surface area contributed by atoms with Crippen molar-refractivity contribution in [2.45, 2.75) is 19.8 Å². The molecule has 1 aromatic heterocycles. The highest BCUT2D eigenvalue weighted by Crippen LogP contribution is 2.29. The third-order valence-corrected chi connectivity index (χ3v) is 4.26. The normalized spacial score (nSPS) is 18.8. The summed E-state index contributed by atoms with van der Waals surface area (Å²) in [6.07, 6.45) is 0. The number of anilines is 1. The van der Waals surface area contributed by atoms with E-state index in [0.717, 1.165) is 0 Å². The van der Waals surface area contributed by atoms with E-state index in [9.17, 15) is 0 Å². The van der Waals surface area contributed by atoms with Crippen LogP contribution in [-0.4, -0.2) is 38.1 Å². The Bertz CT molecular complexity index is 311. The molecule has 0 radical (unpaired) electrons. The summed E-state index contributed by atoms with van der Waals surface area (Å²) in [5, 5.41) is 2.31. The van der Waals surface area contributed by atoms with E-state index in [1.54, 1.807) is 0 Å². The molecular weight excluding hydrogens is 204 g/mol. The summed E-state index contributed by atoms with van der Waals surface area (Å²) in [6, 6.07) is 2.36. The van der Waals surface area contributed by atoms with Crippen LogP contribution in [0.1, 0.15) is 24.6 Å². The van der Waals surface area contributed by atoms with Gasteiger partial charge < -0.3 is 9.80 Å². The zero-order valence-electron chi connectivity index (χ0n) is 9.86. The molecule has 1 fully saturated rings. The van der Waals surface area contributed by atoms with Gasteiger partial charge >= 0.3 is 0 Å². The number of hydrogen-bond donors (Lipinski definition) is 0. The van der Waals surface area contributed by atoms with Crippen molar-refractivity contribution >= 4 is 17.0 Å². The van der Waals surface area contributed by atoms with E-state index in [1.807, 2.05) is 11.3 Å². The maximum atomic E-state index is 2.50. The Morgan fingerprint density at radius 2 is 1.87 bits per heavy atom. The number of piperazine rings is 1. The molecule has 2 heterocycles. The molecule has 0 atom stereocenters.